The van der Waals surface area contributed by atoms with Gasteiger partial charge in [-0.15, -0.1) is 0 Å². The Bertz CT molecular complexity index is 242. The van der Waals surface area contributed by atoms with Crippen LogP contribution in [0.3, 0.4) is 0 Å². The minimum absolute atomic E-state index is 0.137. The lowest BCUT2D eigenvalue weighted by atomic mass is 10.2. The number of rotatable bonds is 1. The van der Waals surface area contributed by atoms with Crippen molar-refractivity contribution in [2.75, 3.05) is 7.11 Å². The van der Waals surface area contributed by atoms with E-state index in [9.17, 15) is 9.59 Å². The third kappa shape index (κ3) is 1.39. The fourth-order valence-corrected chi connectivity index (χ4v) is 0.970. The number of hydrogen-bond donors (Lipinski definition) is 1. The smallest absolute Gasteiger partial charge is 0.336 e. The number of esters is 1. The fraction of sp³-hybridized carbons (Fsp3) is 0.429. The summed E-state index contributed by atoms with van der Waals surface area (Å²) in [7, 11) is 1.30. The average molecular weight is 155 g/mol. The van der Waals surface area contributed by atoms with Crippen molar-refractivity contribution in [3.8, 4) is 0 Å². The van der Waals surface area contributed by atoms with Gasteiger partial charge in [-0.3, -0.25) is 4.79 Å². The Morgan fingerprint density at radius 3 is 2.64 bits per heavy atom. The second kappa shape index (κ2) is 2.74. The second-order valence-corrected chi connectivity index (χ2v) is 2.32. The minimum atomic E-state index is -0.430. The van der Waals surface area contributed by atoms with Gasteiger partial charge in [-0.2, -0.15) is 0 Å². The maximum absolute atomic E-state index is 10.9. The number of nitrogens with one attached hydrogen (secondary N) is 1. The van der Waals surface area contributed by atoms with Crippen LogP contribution in [0.2, 0.25) is 0 Å². The lowest BCUT2D eigenvalue weighted by Crippen LogP contribution is -2.12. The highest BCUT2D eigenvalue weighted by molar-refractivity contribution is 5.99. The van der Waals surface area contributed by atoms with E-state index in [-0.39, 0.29) is 12.3 Å². The molecule has 4 heteroatoms. The normalized spacial score (nSPS) is 16.7. The molecule has 0 aromatic heterocycles. The standard InChI is InChI=1S/C7H9NO3/c1-4-5(7(10)11-2)3-6(9)8-4/h3H2,1-2H3,(H,8,9). The van der Waals surface area contributed by atoms with Crippen LogP contribution in [0.5, 0.6) is 0 Å². The molecule has 60 valence electrons. The van der Waals surface area contributed by atoms with Gasteiger partial charge in [0.05, 0.1) is 19.1 Å². The van der Waals surface area contributed by atoms with Crippen molar-refractivity contribution in [2.24, 2.45) is 0 Å². The van der Waals surface area contributed by atoms with Crippen LogP contribution in [0.4, 0.5) is 0 Å². The number of allylic oxidation sites excluding steroid dienone is 1. The quantitative estimate of drug-likeness (QED) is 0.540. The third-order valence-electron chi connectivity index (χ3n) is 1.55. The predicted molar refractivity (Wildman–Crippen MR) is 37.5 cm³/mol. The highest BCUT2D eigenvalue weighted by Gasteiger charge is 2.23. The molecule has 0 aliphatic carbocycles. The van der Waals surface area contributed by atoms with Crippen LogP contribution in [0.1, 0.15) is 13.3 Å². The zero-order chi connectivity index (χ0) is 8.43. The zero-order valence-electron chi connectivity index (χ0n) is 6.43. The van der Waals surface area contributed by atoms with E-state index in [2.05, 4.69) is 10.1 Å². The van der Waals surface area contributed by atoms with Crippen molar-refractivity contribution in [1.82, 2.24) is 5.32 Å². The van der Waals surface area contributed by atoms with Crippen molar-refractivity contribution in [1.29, 1.82) is 0 Å². The number of methoxy groups -OCH3 is 1. The lowest BCUT2D eigenvalue weighted by molar-refractivity contribution is -0.136. The summed E-state index contributed by atoms with van der Waals surface area (Å²) >= 11 is 0. The Kier molecular flexibility index (Phi) is 1.94. The Morgan fingerprint density at radius 2 is 2.27 bits per heavy atom. The molecule has 0 saturated carbocycles. The van der Waals surface area contributed by atoms with Crippen molar-refractivity contribution in [2.45, 2.75) is 13.3 Å². The molecule has 1 amide bonds. The molecule has 0 atom stereocenters. The predicted octanol–water partition coefficient (Wildman–Crippen LogP) is -0.0467. The highest BCUT2D eigenvalue weighted by Crippen LogP contribution is 2.14. The molecule has 1 rings (SSSR count). The van der Waals surface area contributed by atoms with Crippen LogP contribution < -0.4 is 5.32 Å². The van der Waals surface area contributed by atoms with Crippen LogP contribution in [-0.4, -0.2) is 19.0 Å². The summed E-state index contributed by atoms with van der Waals surface area (Å²) in [5.74, 6) is -0.580. The van der Waals surface area contributed by atoms with Gasteiger partial charge in [0.1, 0.15) is 0 Å². The molecule has 0 spiro atoms. The van der Waals surface area contributed by atoms with Gasteiger partial charge in [0.2, 0.25) is 5.91 Å². The second-order valence-electron chi connectivity index (χ2n) is 2.32. The molecule has 0 saturated heterocycles. The maximum Gasteiger partial charge on any atom is 0.336 e. The first-order chi connectivity index (χ1) is 5.15. The first kappa shape index (κ1) is 7.78. The minimum Gasteiger partial charge on any atom is -0.466 e. The first-order valence-corrected chi connectivity index (χ1v) is 3.23. The summed E-state index contributed by atoms with van der Waals surface area (Å²) in [5.41, 5.74) is 1.03. The Labute approximate surface area is 64.2 Å². The average Bonchev–Trinajstić information content (AvgIpc) is 2.28. The molecule has 0 aromatic rings. The Balaban J connectivity index is 2.79. The van der Waals surface area contributed by atoms with E-state index in [0.717, 1.165) is 0 Å². The van der Waals surface area contributed by atoms with Gasteiger partial charge >= 0.3 is 5.97 Å². The molecular weight excluding hydrogens is 146 g/mol. The molecular formula is C7H9NO3. The van der Waals surface area contributed by atoms with Crippen molar-refractivity contribution in [3.63, 3.8) is 0 Å². The number of carbonyl (C=O) groups excluding carboxylic acids is 2. The summed E-state index contributed by atoms with van der Waals surface area (Å²) < 4.78 is 4.46. The molecule has 0 fully saturated rings. The summed E-state index contributed by atoms with van der Waals surface area (Å²) in [6, 6.07) is 0. The lowest BCUT2D eigenvalue weighted by Gasteiger charge is -1.97. The van der Waals surface area contributed by atoms with Crippen LogP contribution in [0.25, 0.3) is 0 Å². The van der Waals surface area contributed by atoms with Gasteiger partial charge in [-0.1, -0.05) is 0 Å². The SMILES string of the molecule is COC(=O)C1=C(C)NC(=O)C1. The van der Waals surface area contributed by atoms with Crippen molar-refractivity contribution in [3.05, 3.63) is 11.3 Å². The molecule has 0 bridgehead atoms. The topological polar surface area (TPSA) is 55.4 Å². The Morgan fingerprint density at radius 1 is 1.64 bits per heavy atom. The summed E-state index contributed by atoms with van der Waals surface area (Å²) in [5, 5.41) is 2.52. The van der Waals surface area contributed by atoms with Crippen molar-refractivity contribution >= 4 is 11.9 Å². The van der Waals surface area contributed by atoms with E-state index in [4.69, 9.17) is 0 Å². The fourth-order valence-electron chi connectivity index (χ4n) is 0.970. The molecule has 1 heterocycles. The molecule has 0 aromatic carbocycles. The summed E-state index contributed by atoms with van der Waals surface area (Å²) in [4.78, 5) is 21.6. The van der Waals surface area contributed by atoms with Gasteiger partial charge in [0, 0.05) is 5.70 Å². The number of ether oxygens (including phenoxy) is 1. The van der Waals surface area contributed by atoms with Gasteiger partial charge in [-0.05, 0) is 6.92 Å². The van der Waals surface area contributed by atoms with Gasteiger partial charge < -0.3 is 10.1 Å². The van der Waals surface area contributed by atoms with Gasteiger partial charge in [0.25, 0.3) is 0 Å². The van der Waals surface area contributed by atoms with E-state index in [0.29, 0.717) is 11.3 Å². The van der Waals surface area contributed by atoms with Crippen LogP contribution in [0, 0.1) is 0 Å². The largest absolute Gasteiger partial charge is 0.466 e. The van der Waals surface area contributed by atoms with E-state index in [1.807, 2.05) is 0 Å². The van der Waals surface area contributed by atoms with Gasteiger partial charge in [0.15, 0.2) is 0 Å². The van der Waals surface area contributed by atoms with Crippen LogP contribution in [-0.2, 0) is 14.3 Å². The molecule has 1 aliphatic rings. The van der Waals surface area contributed by atoms with Crippen LogP contribution in [0.15, 0.2) is 11.3 Å². The molecule has 1 N–H and O–H groups in total. The third-order valence-corrected chi connectivity index (χ3v) is 1.55. The number of amides is 1. The molecule has 1 aliphatic heterocycles. The van der Waals surface area contributed by atoms with Gasteiger partial charge in [-0.25, -0.2) is 4.79 Å². The number of carbonyl (C=O) groups is 2. The highest BCUT2D eigenvalue weighted by atomic mass is 16.5. The van der Waals surface area contributed by atoms with Crippen LogP contribution >= 0.6 is 0 Å². The maximum atomic E-state index is 10.9. The summed E-state index contributed by atoms with van der Waals surface area (Å²) in [6.07, 6.45) is 0.137. The van der Waals surface area contributed by atoms with Crippen molar-refractivity contribution < 1.29 is 14.3 Å². The monoisotopic (exact) mass is 155 g/mol. The Hall–Kier alpha value is -1.32. The molecule has 4 nitrogen and oxygen atoms in total. The zero-order valence-corrected chi connectivity index (χ0v) is 6.43. The number of hydrogen-bond acceptors (Lipinski definition) is 3. The molecule has 0 unspecified atom stereocenters. The van der Waals surface area contributed by atoms with E-state index in [1.165, 1.54) is 7.11 Å². The van der Waals surface area contributed by atoms with E-state index >= 15 is 0 Å². The summed E-state index contributed by atoms with van der Waals surface area (Å²) in [6.45, 7) is 1.68. The van der Waals surface area contributed by atoms with E-state index < -0.39 is 5.97 Å². The molecule has 11 heavy (non-hydrogen) atoms. The first-order valence-electron chi connectivity index (χ1n) is 3.23. The molecule has 0 radical (unpaired) electrons. The van der Waals surface area contributed by atoms with E-state index in [1.54, 1.807) is 6.92 Å².